The van der Waals surface area contributed by atoms with Crippen molar-refractivity contribution in [2.45, 2.75) is 6.92 Å². The second kappa shape index (κ2) is 5.28. The van der Waals surface area contributed by atoms with Gasteiger partial charge in [-0.2, -0.15) is 0 Å². The van der Waals surface area contributed by atoms with E-state index in [1.807, 2.05) is 0 Å². The summed E-state index contributed by atoms with van der Waals surface area (Å²) < 4.78 is 14.9. The quantitative estimate of drug-likeness (QED) is 0.725. The molecule has 0 aliphatic rings. The van der Waals surface area contributed by atoms with Gasteiger partial charge >= 0.3 is 0 Å². The molecule has 0 saturated heterocycles. The number of benzene rings is 1. The number of aromatic nitrogens is 4. The minimum Gasteiger partial charge on any atom is -0.628 e. The molecule has 0 unspecified atom stereocenters. The Bertz CT molecular complexity index is 656. The summed E-state index contributed by atoms with van der Waals surface area (Å²) in [5.74, 6) is -1.69. The summed E-state index contributed by atoms with van der Waals surface area (Å²) in [6.45, 7) is 1.32. The fourth-order valence-corrected chi connectivity index (χ4v) is 1.68. The molecule has 2 rings (SSSR count). The average Bonchev–Trinajstić information content (AvgIpc) is 2.74. The molecule has 2 aromatic rings. The Balaban J connectivity index is 2.39. The molecule has 10 heteroatoms. The second-order valence-corrected chi connectivity index (χ2v) is 3.96. The van der Waals surface area contributed by atoms with Crippen LogP contribution in [0.15, 0.2) is 12.1 Å². The fraction of sp³-hybridized carbons (Fsp3) is 0.200. The molecule has 0 fully saturated rings. The van der Waals surface area contributed by atoms with Gasteiger partial charge in [0, 0.05) is 18.7 Å². The number of nitrogens with zero attached hydrogens (tertiary/aromatic N) is 4. The maximum atomic E-state index is 13.7. The summed E-state index contributed by atoms with van der Waals surface area (Å²) >= 11 is 0. The number of aryl methyl sites for hydroxylation is 1. The van der Waals surface area contributed by atoms with Crippen molar-refractivity contribution in [1.29, 1.82) is 0 Å². The molecular formula is C10H10FN6O3-. The van der Waals surface area contributed by atoms with Crippen LogP contribution in [0, 0.1) is 23.2 Å². The highest BCUT2D eigenvalue weighted by atomic mass is 19.1. The van der Waals surface area contributed by atoms with E-state index in [0.717, 1.165) is 12.1 Å². The van der Waals surface area contributed by atoms with Crippen molar-refractivity contribution in [3.63, 3.8) is 0 Å². The van der Waals surface area contributed by atoms with Gasteiger partial charge in [-0.15, -0.1) is 0 Å². The number of carbonyl (C=O) groups is 1. The molecule has 0 bridgehead atoms. The molecule has 0 aliphatic carbocycles. The summed E-state index contributed by atoms with van der Waals surface area (Å²) in [6, 6.07) is 1.93. The van der Waals surface area contributed by atoms with Crippen molar-refractivity contribution < 1.29 is 14.4 Å². The predicted molar refractivity (Wildman–Crippen MR) is 65.2 cm³/mol. The molecule has 1 heterocycles. The van der Waals surface area contributed by atoms with E-state index in [4.69, 9.17) is 0 Å². The molecule has 2 N–H and O–H groups in total. The number of carbonyl (C=O) groups excluding carboxylic acids is 1. The third kappa shape index (κ3) is 2.47. The largest absolute Gasteiger partial charge is 0.628 e. The van der Waals surface area contributed by atoms with Gasteiger partial charge in [-0.3, -0.25) is 10.1 Å². The summed E-state index contributed by atoms with van der Waals surface area (Å²) in [5.41, 5.74) is -0.681. The lowest BCUT2D eigenvalue weighted by atomic mass is 10.1. The number of rotatable bonds is 3. The Kier molecular flexibility index (Phi) is 3.70. The standard InChI is InChI=1S/C10H10FN6O3/c1-5-7(17(19)20)4-3-6(11)8(5)9(18)12-10-13-14-15-16(10)2/h3-4,17H,1-2H3,(H,12,13,15,18)/q-1. The zero-order valence-corrected chi connectivity index (χ0v) is 10.5. The van der Waals surface area contributed by atoms with E-state index >= 15 is 0 Å². The molecule has 1 aromatic heterocycles. The number of amides is 1. The highest BCUT2D eigenvalue weighted by Crippen LogP contribution is 2.20. The third-order valence-corrected chi connectivity index (χ3v) is 2.71. The van der Waals surface area contributed by atoms with E-state index in [-0.39, 0.29) is 17.2 Å². The molecule has 1 aromatic carbocycles. The van der Waals surface area contributed by atoms with Crippen molar-refractivity contribution in [2.24, 2.45) is 7.05 Å². The first-order valence-corrected chi connectivity index (χ1v) is 5.46. The average molecular weight is 281 g/mol. The first-order valence-electron chi connectivity index (χ1n) is 5.46. The van der Waals surface area contributed by atoms with Gasteiger partial charge in [0.1, 0.15) is 11.5 Å². The zero-order valence-electron chi connectivity index (χ0n) is 10.5. The Morgan fingerprint density at radius 1 is 1.45 bits per heavy atom. The van der Waals surface area contributed by atoms with Crippen LogP contribution < -0.4 is 10.5 Å². The van der Waals surface area contributed by atoms with Crippen LogP contribution in [0.25, 0.3) is 0 Å². The van der Waals surface area contributed by atoms with Crippen LogP contribution in [0.1, 0.15) is 15.9 Å². The van der Waals surface area contributed by atoms with Gasteiger partial charge < -0.3 is 15.6 Å². The molecular weight excluding hydrogens is 271 g/mol. The zero-order chi connectivity index (χ0) is 14.9. The molecule has 0 aliphatic heterocycles. The Morgan fingerprint density at radius 3 is 2.70 bits per heavy atom. The van der Waals surface area contributed by atoms with Crippen LogP contribution in [0.5, 0.6) is 0 Å². The Hall–Kier alpha value is -2.43. The van der Waals surface area contributed by atoms with Gasteiger partial charge in [0.05, 0.1) is 5.56 Å². The van der Waals surface area contributed by atoms with E-state index in [9.17, 15) is 19.6 Å². The van der Waals surface area contributed by atoms with Crippen molar-refractivity contribution in [3.05, 3.63) is 39.5 Å². The third-order valence-electron chi connectivity index (χ3n) is 2.71. The van der Waals surface area contributed by atoms with Crippen LogP contribution in [0.2, 0.25) is 0 Å². The van der Waals surface area contributed by atoms with Gasteiger partial charge in [-0.05, 0) is 23.4 Å². The van der Waals surface area contributed by atoms with Crippen molar-refractivity contribution in [1.82, 2.24) is 20.2 Å². The van der Waals surface area contributed by atoms with Gasteiger partial charge in [0.2, 0.25) is 5.95 Å². The highest BCUT2D eigenvalue weighted by molar-refractivity contribution is 6.05. The second-order valence-electron chi connectivity index (χ2n) is 3.96. The molecule has 0 radical (unpaired) electrons. The number of anilines is 1. The van der Waals surface area contributed by atoms with Crippen molar-refractivity contribution in [2.75, 3.05) is 5.32 Å². The lowest BCUT2D eigenvalue weighted by Gasteiger charge is -2.27. The maximum absolute atomic E-state index is 13.7. The number of tetrazole rings is 1. The van der Waals surface area contributed by atoms with E-state index in [1.54, 1.807) is 0 Å². The first-order chi connectivity index (χ1) is 9.41. The molecule has 20 heavy (non-hydrogen) atoms. The van der Waals surface area contributed by atoms with E-state index < -0.39 is 22.5 Å². The number of nitrogens with one attached hydrogen (secondary N) is 2. The van der Waals surface area contributed by atoms with Gasteiger partial charge in [-0.1, -0.05) is 5.10 Å². The van der Waals surface area contributed by atoms with Crippen LogP contribution >= 0.6 is 0 Å². The molecule has 106 valence electrons. The number of halogens is 1. The molecule has 0 spiro atoms. The maximum Gasteiger partial charge on any atom is 0.261 e. The fourth-order valence-electron chi connectivity index (χ4n) is 1.68. The minimum atomic E-state index is -1.49. The van der Waals surface area contributed by atoms with Crippen LogP contribution in [-0.2, 0) is 7.05 Å². The summed E-state index contributed by atoms with van der Waals surface area (Å²) in [5, 5.41) is 32.9. The van der Waals surface area contributed by atoms with Crippen LogP contribution in [0.3, 0.4) is 0 Å². The monoisotopic (exact) mass is 281 g/mol. The number of hydrogen-bond donors (Lipinski definition) is 2. The Morgan fingerprint density at radius 2 is 2.15 bits per heavy atom. The minimum absolute atomic E-state index is 0.00709. The lowest BCUT2D eigenvalue weighted by molar-refractivity contribution is -0.715. The molecule has 1 amide bonds. The van der Waals surface area contributed by atoms with E-state index in [0.29, 0.717) is 0 Å². The SMILES string of the molecule is Cc1c([NH+]([O-])[O-])ccc(F)c1C(=O)Nc1nnnn1C. The Labute approximate surface area is 112 Å². The summed E-state index contributed by atoms with van der Waals surface area (Å²) in [7, 11) is 1.48. The van der Waals surface area contributed by atoms with Crippen LogP contribution in [-0.4, -0.2) is 26.1 Å². The summed E-state index contributed by atoms with van der Waals surface area (Å²) in [6.07, 6.45) is 0. The topological polar surface area (TPSA) is 123 Å². The number of quaternary nitrogens is 1. The van der Waals surface area contributed by atoms with E-state index in [2.05, 4.69) is 20.8 Å². The molecule has 9 nitrogen and oxygen atoms in total. The van der Waals surface area contributed by atoms with Crippen molar-refractivity contribution >= 4 is 17.5 Å². The smallest absolute Gasteiger partial charge is 0.261 e. The van der Waals surface area contributed by atoms with Gasteiger partial charge in [-0.25, -0.2) is 9.07 Å². The highest BCUT2D eigenvalue weighted by Gasteiger charge is 2.20. The van der Waals surface area contributed by atoms with E-state index in [1.165, 1.54) is 18.7 Å². The molecule has 0 atom stereocenters. The van der Waals surface area contributed by atoms with Gasteiger partial charge in [0.15, 0.2) is 0 Å². The normalized spacial score (nSPS) is 10.9. The van der Waals surface area contributed by atoms with Crippen LogP contribution in [0.4, 0.5) is 16.0 Å². The van der Waals surface area contributed by atoms with Gasteiger partial charge in [0.25, 0.3) is 5.91 Å². The predicted octanol–water partition coefficient (Wildman–Crippen LogP) is -0.578. The summed E-state index contributed by atoms with van der Waals surface area (Å²) in [4.78, 5) is 12.0. The van der Waals surface area contributed by atoms with Crippen molar-refractivity contribution in [3.8, 4) is 0 Å². The first kappa shape index (κ1) is 14.0. The number of hydrogen-bond acceptors (Lipinski definition) is 6. The lowest BCUT2D eigenvalue weighted by Crippen LogP contribution is -2.96. The molecule has 0 saturated carbocycles.